The molecule has 1 heteroatoms. The summed E-state index contributed by atoms with van der Waals surface area (Å²) in [6.45, 7) is 6.93. The molecule has 2 unspecified atom stereocenters. The number of aryl methyl sites for hydroxylation is 1. The van der Waals surface area contributed by atoms with Crippen molar-refractivity contribution in [3.05, 3.63) is 35.4 Å². The van der Waals surface area contributed by atoms with Gasteiger partial charge in [-0.1, -0.05) is 50.1 Å². The molecular formula is C21H35N. The number of benzene rings is 1. The van der Waals surface area contributed by atoms with E-state index in [0.29, 0.717) is 6.04 Å². The van der Waals surface area contributed by atoms with Gasteiger partial charge in [-0.3, -0.25) is 0 Å². The Kier molecular flexibility index (Phi) is 6.95. The standard InChI is InChI=1S/C21H35N/c1-5-21(22-4)17(3)9-10-18-11-13-19(14-12-18)20-8-6-7-16(2)15-20/h6-8,15,17-19,21-22H,5,9-14H2,1-4H3. The first-order chi connectivity index (χ1) is 10.6. The molecule has 0 heterocycles. The van der Waals surface area contributed by atoms with Crippen LogP contribution in [0.15, 0.2) is 24.3 Å². The fraction of sp³-hybridized carbons (Fsp3) is 0.714. The Morgan fingerprint density at radius 1 is 1.18 bits per heavy atom. The van der Waals surface area contributed by atoms with Crippen LogP contribution in [0, 0.1) is 18.8 Å². The topological polar surface area (TPSA) is 12.0 Å². The van der Waals surface area contributed by atoms with Crippen molar-refractivity contribution >= 4 is 0 Å². The molecule has 1 aliphatic rings. The van der Waals surface area contributed by atoms with E-state index in [-0.39, 0.29) is 0 Å². The molecule has 1 nitrogen and oxygen atoms in total. The van der Waals surface area contributed by atoms with Crippen LogP contribution in [0.4, 0.5) is 0 Å². The first-order valence-corrected chi connectivity index (χ1v) is 9.37. The van der Waals surface area contributed by atoms with Gasteiger partial charge in [0.15, 0.2) is 0 Å². The molecule has 0 aromatic heterocycles. The Hall–Kier alpha value is -0.820. The molecule has 0 amide bonds. The summed E-state index contributed by atoms with van der Waals surface area (Å²) >= 11 is 0. The third-order valence-electron chi connectivity index (χ3n) is 5.89. The molecule has 1 saturated carbocycles. The lowest BCUT2D eigenvalue weighted by Crippen LogP contribution is -2.31. The van der Waals surface area contributed by atoms with Crippen LogP contribution in [-0.4, -0.2) is 13.1 Å². The molecule has 2 rings (SSSR count). The SMILES string of the molecule is CCC(NC)C(C)CCC1CCC(c2cccc(C)c2)CC1. The lowest BCUT2D eigenvalue weighted by molar-refractivity contribution is 0.271. The molecule has 1 aliphatic carbocycles. The number of nitrogens with one attached hydrogen (secondary N) is 1. The van der Waals surface area contributed by atoms with E-state index >= 15 is 0 Å². The maximum absolute atomic E-state index is 3.47. The second-order valence-electron chi connectivity index (χ2n) is 7.49. The summed E-state index contributed by atoms with van der Waals surface area (Å²) in [5, 5.41) is 3.47. The molecule has 2 atom stereocenters. The maximum Gasteiger partial charge on any atom is 0.00870 e. The van der Waals surface area contributed by atoms with Gasteiger partial charge in [-0.05, 0) is 75.8 Å². The minimum Gasteiger partial charge on any atom is -0.317 e. The highest BCUT2D eigenvalue weighted by Gasteiger charge is 2.23. The van der Waals surface area contributed by atoms with E-state index in [1.165, 1.54) is 50.5 Å². The van der Waals surface area contributed by atoms with Gasteiger partial charge in [0.25, 0.3) is 0 Å². The van der Waals surface area contributed by atoms with Gasteiger partial charge in [0.2, 0.25) is 0 Å². The summed E-state index contributed by atoms with van der Waals surface area (Å²) in [4.78, 5) is 0. The van der Waals surface area contributed by atoms with Crippen molar-refractivity contribution in [3.8, 4) is 0 Å². The molecule has 1 fully saturated rings. The Balaban J connectivity index is 1.75. The molecule has 0 aliphatic heterocycles. The average molecular weight is 302 g/mol. The first-order valence-electron chi connectivity index (χ1n) is 9.37. The van der Waals surface area contributed by atoms with Crippen molar-refractivity contribution in [2.45, 2.75) is 77.7 Å². The predicted octanol–water partition coefficient (Wildman–Crippen LogP) is 5.68. The second-order valence-corrected chi connectivity index (χ2v) is 7.49. The van der Waals surface area contributed by atoms with E-state index in [2.05, 4.69) is 57.4 Å². The summed E-state index contributed by atoms with van der Waals surface area (Å²) in [6, 6.07) is 9.86. The van der Waals surface area contributed by atoms with Gasteiger partial charge < -0.3 is 5.32 Å². The van der Waals surface area contributed by atoms with Gasteiger partial charge in [0.1, 0.15) is 0 Å². The third kappa shape index (κ3) is 4.84. The minimum atomic E-state index is 0.698. The van der Waals surface area contributed by atoms with Crippen LogP contribution in [0.3, 0.4) is 0 Å². The summed E-state index contributed by atoms with van der Waals surface area (Å²) in [5.74, 6) is 2.59. The summed E-state index contributed by atoms with van der Waals surface area (Å²) in [5.41, 5.74) is 2.99. The molecule has 1 N–H and O–H groups in total. The van der Waals surface area contributed by atoms with Crippen molar-refractivity contribution in [2.75, 3.05) is 7.05 Å². The molecular weight excluding hydrogens is 266 g/mol. The molecule has 0 saturated heterocycles. The highest BCUT2D eigenvalue weighted by Crippen LogP contribution is 2.38. The Bertz CT molecular complexity index is 427. The Labute approximate surface area is 137 Å². The van der Waals surface area contributed by atoms with Crippen LogP contribution >= 0.6 is 0 Å². The molecule has 0 radical (unpaired) electrons. The normalized spacial score (nSPS) is 24.9. The van der Waals surface area contributed by atoms with Crippen molar-refractivity contribution in [1.82, 2.24) is 5.32 Å². The maximum atomic E-state index is 3.47. The van der Waals surface area contributed by atoms with E-state index in [1.54, 1.807) is 5.56 Å². The Morgan fingerprint density at radius 3 is 2.50 bits per heavy atom. The van der Waals surface area contributed by atoms with Crippen molar-refractivity contribution in [3.63, 3.8) is 0 Å². The monoisotopic (exact) mass is 301 g/mol. The lowest BCUT2D eigenvalue weighted by Gasteiger charge is -2.30. The molecule has 1 aromatic carbocycles. The molecule has 124 valence electrons. The largest absolute Gasteiger partial charge is 0.317 e. The quantitative estimate of drug-likeness (QED) is 0.683. The fourth-order valence-electron chi connectivity index (χ4n) is 4.30. The van der Waals surface area contributed by atoms with Crippen LogP contribution in [0.25, 0.3) is 0 Å². The van der Waals surface area contributed by atoms with Gasteiger partial charge in [-0.15, -0.1) is 0 Å². The summed E-state index contributed by atoms with van der Waals surface area (Å²) in [7, 11) is 2.11. The van der Waals surface area contributed by atoms with Gasteiger partial charge >= 0.3 is 0 Å². The smallest absolute Gasteiger partial charge is 0.00870 e. The average Bonchev–Trinajstić information content (AvgIpc) is 2.54. The van der Waals surface area contributed by atoms with E-state index < -0.39 is 0 Å². The van der Waals surface area contributed by atoms with Crippen molar-refractivity contribution in [2.24, 2.45) is 11.8 Å². The molecule has 1 aromatic rings. The number of hydrogen-bond acceptors (Lipinski definition) is 1. The molecule has 0 bridgehead atoms. The van der Waals surface area contributed by atoms with E-state index in [4.69, 9.17) is 0 Å². The van der Waals surface area contributed by atoms with E-state index in [0.717, 1.165) is 17.8 Å². The van der Waals surface area contributed by atoms with E-state index in [1.807, 2.05) is 0 Å². The van der Waals surface area contributed by atoms with Crippen LogP contribution in [0.1, 0.15) is 75.8 Å². The van der Waals surface area contributed by atoms with Gasteiger partial charge in [-0.2, -0.15) is 0 Å². The lowest BCUT2D eigenvalue weighted by atomic mass is 9.76. The first kappa shape index (κ1) is 17.5. The Morgan fingerprint density at radius 2 is 1.91 bits per heavy atom. The van der Waals surface area contributed by atoms with Crippen LogP contribution in [-0.2, 0) is 0 Å². The zero-order valence-electron chi connectivity index (χ0n) is 15.1. The predicted molar refractivity (Wildman–Crippen MR) is 97.4 cm³/mol. The third-order valence-corrected chi connectivity index (χ3v) is 5.89. The highest BCUT2D eigenvalue weighted by atomic mass is 14.9. The molecule has 0 spiro atoms. The zero-order chi connectivity index (χ0) is 15.9. The van der Waals surface area contributed by atoms with Crippen LogP contribution in [0.5, 0.6) is 0 Å². The number of hydrogen-bond donors (Lipinski definition) is 1. The van der Waals surface area contributed by atoms with Crippen molar-refractivity contribution < 1.29 is 0 Å². The minimum absolute atomic E-state index is 0.698. The fourth-order valence-corrected chi connectivity index (χ4v) is 4.30. The summed E-state index contributed by atoms with van der Waals surface area (Å²) in [6.07, 6.45) is 9.72. The second kappa shape index (κ2) is 8.72. The zero-order valence-corrected chi connectivity index (χ0v) is 15.1. The highest BCUT2D eigenvalue weighted by molar-refractivity contribution is 5.25. The van der Waals surface area contributed by atoms with Crippen LogP contribution in [0.2, 0.25) is 0 Å². The van der Waals surface area contributed by atoms with Gasteiger partial charge in [0.05, 0.1) is 0 Å². The summed E-state index contributed by atoms with van der Waals surface area (Å²) < 4.78 is 0. The van der Waals surface area contributed by atoms with Crippen molar-refractivity contribution in [1.29, 1.82) is 0 Å². The van der Waals surface area contributed by atoms with Gasteiger partial charge in [-0.25, -0.2) is 0 Å². The molecule has 22 heavy (non-hydrogen) atoms. The van der Waals surface area contributed by atoms with E-state index in [9.17, 15) is 0 Å². The van der Waals surface area contributed by atoms with Gasteiger partial charge in [0, 0.05) is 6.04 Å². The number of rotatable bonds is 7. The van der Waals surface area contributed by atoms with Crippen LogP contribution < -0.4 is 5.32 Å².